The lowest BCUT2D eigenvalue weighted by atomic mass is 9.98. The van der Waals surface area contributed by atoms with Gasteiger partial charge in [0.15, 0.2) is 0 Å². The van der Waals surface area contributed by atoms with Crippen molar-refractivity contribution in [2.75, 3.05) is 33.7 Å². The second kappa shape index (κ2) is 6.98. The van der Waals surface area contributed by atoms with Crippen LogP contribution >= 0.6 is 15.9 Å². The molecule has 1 aliphatic rings. The van der Waals surface area contributed by atoms with Crippen LogP contribution in [0.5, 0.6) is 0 Å². The predicted molar refractivity (Wildman–Crippen MR) is 84.3 cm³/mol. The SMILES string of the molecule is CN1CCN(C)C(CC(N)Cc2ccc(F)cc2Br)C1. The van der Waals surface area contributed by atoms with E-state index in [4.69, 9.17) is 5.73 Å². The Balaban J connectivity index is 1.93. The number of piperazine rings is 1. The zero-order chi connectivity index (χ0) is 14.7. The van der Waals surface area contributed by atoms with Gasteiger partial charge in [-0.05, 0) is 44.6 Å². The molecule has 2 N–H and O–H groups in total. The summed E-state index contributed by atoms with van der Waals surface area (Å²) in [6.07, 6.45) is 1.74. The lowest BCUT2D eigenvalue weighted by molar-refractivity contribution is 0.104. The van der Waals surface area contributed by atoms with E-state index >= 15 is 0 Å². The molecule has 3 nitrogen and oxygen atoms in total. The maximum Gasteiger partial charge on any atom is 0.124 e. The van der Waals surface area contributed by atoms with Gasteiger partial charge in [-0.3, -0.25) is 0 Å². The lowest BCUT2D eigenvalue weighted by Gasteiger charge is -2.38. The first-order valence-corrected chi connectivity index (χ1v) is 7.83. The number of benzene rings is 1. The average molecular weight is 344 g/mol. The van der Waals surface area contributed by atoms with E-state index in [9.17, 15) is 4.39 Å². The van der Waals surface area contributed by atoms with Crippen molar-refractivity contribution in [3.05, 3.63) is 34.1 Å². The molecule has 2 atom stereocenters. The minimum atomic E-state index is -0.220. The molecule has 2 unspecified atom stereocenters. The van der Waals surface area contributed by atoms with Crippen LogP contribution in [-0.4, -0.2) is 55.6 Å². The summed E-state index contributed by atoms with van der Waals surface area (Å²) in [4.78, 5) is 4.74. The number of hydrogen-bond acceptors (Lipinski definition) is 3. The number of hydrogen-bond donors (Lipinski definition) is 1. The molecule has 2 rings (SSSR count). The first kappa shape index (κ1) is 15.9. The van der Waals surface area contributed by atoms with E-state index in [0.29, 0.717) is 6.04 Å². The van der Waals surface area contributed by atoms with Crippen molar-refractivity contribution in [2.24, 2.45) is 5.73 Å². The summed E-state index contributed by atoms with van der Waals surface area (Å²) < 4.78 is 13.9. The third kappa shape index (κ3) is 4.25. The van der Waals surface area contributed by atoms with Gasteiger partial charge in [0.2, 0.25) is 0 Å². The van der Waals surface area contributed by atoms with Crippen LogP contribution in [0.3, 0.4) is 0 Å². The fraction of sp³-hybridized carbons (Fsp3) is 0.600. The number of halogens is 2. The molecular weight excluding hydrogens is 321 g/mol. The first-order valence-electron chi connectivity index (χ1n) is 7.04. The fourth-order valence-corrected chi connectivity index (χ4v) is 3.27. The Morgan fingerprint density at radius 2 is 2.15 bits per heavy atom. The van der Waals surface area contributed by atoms with Crippen molar-refractivity contribution < 1.29 is 4.39 Å². The van der Waals surface area contributed by atoms with Crippen LogP contribution in [0.15, 0.2) is 22.7 Å². The molecule has 1 aromatic carbocycles. The van der Waals surface area contributed by atoms with E-state index in [-0.39, 0.29) is 11.9 Å². The molecular formula is C15H23BrFN3. The Labute approximate surface area is 129 Å². The molecule has 1 fully saturated rings. The molecule has 1 saturated heterocycles. The van der Waals surface area contributed by atoms with Gasteiger partial charge in [0.05, 0.1) is 0 Å². The van der Waals surface area contributed by atoms with Gasteiger partial charge < -0.3 is 15.5 Å². The van der Waals surface area contributed by atoms with E-state index < -0.39 is 0 Å². The van der Waals surface area contributed by atoms with Crippen molar-refractivity contribution in [3.8, 4) is 0 Å². The zero-order valence-electron chi connectivity index (χ0n) is 12.1. The number of rotatable bonds is 4. The van der Waals surface area contributed by atoms with Crippen LogP contribution in [-0.2, 0) is 6.42 Å². The summed E-state index contributed by atoms with van der Waals surface area (Å²) in [5.41, 5.74) is 7.37. The Morgan fingerprint density at radius 3 is 2.85 bits per heavy atom. The highest BCUT2D eigenvalue weighted by molar-refractivity contribution is 9.10. The summed E-state index contributed by atoms with van der Waals surface area (Å²) in [6, 6.07) is 5.41. The van der Waals surface area contributed by atoms with E-state index in [0.717, 1.165) is 42.5 Å². The van der Waals surface area contributed by atoms with Crippen LogP contribution in [0.25, 0.3) is 0 Å². The molecule has 0 radical (unpaired) electrons. The van der Waals surface area contributed by atoms with Gasteiger partial charge in [0.1, 0.15) is 5.82 Å². The molecule has 5 heteroatoms. The molecule has 0 saturated carbocycles. The second-order valence-corrected chi connectivity index (χ2v) is 6.69. The summed E-state index contributed by atoms with van der Waals surface area (Å²) in [6.45, 7) is 3.27. The van der Waals surface area contributed by atoms with Gasteiger partial charge in [-0.2, -0.15) is 0 Å². The lowest BCUT2D eigenvalue weighted by Crippen LogP contribution is -2.51. The largest absolute Gasteiger partial charge is 0.327 e. The highest BCUT2D eigenvalue weighted by Gasteiger charge is 2.24. The molecule has 0 spiro atoms. The molecule has 1 aromatic rings. The van der Waals surface area contributed by atoms with E-state index in [1.807, 2.05) is 6.07 Å². The minimum Gasteiger partial charge on any atom is -0.327 e. The molecule has 0 bridgehead atoms. The smallest absolute Gasteiger partial charge is 0.124 e. The summed E-state index contributed by atoms with van der Waals surface area (Å²) in [5.74, 6) is -0.220. The minimum absolute atomic E-state index is 0.0933. The van der Waals surface area contributed by atoms with E-state index in [1.54, 1.807) is 0 Å². The molecule has 0 amide bonds. The molecule has 0 aliphatic carbocycles. The zero-order valence-corrected chi connectivity index (χ0v) is 13.7. The fourth-order valence-electron chi connectivity index (χ4n) is 2.76. The van der Waals surface area contributed by atoms with Gasteiger partial charge in [-0.15, -0.1) is 0 Å². The highest BCUT2D eigenvalue weighted by Crippen LogP contribution is 2.21. The van der Waals surface area contributed by atoms with Crippen LogP contribution < -0.4 is 5.73 Å². The van der Waals surface area contributed by atoms with E-state index in [1.165, 1.54) is 12.1 Å². The number of likely N-dealkylation sites (N-methyl/N-ethyl adjacent to an activating group) is 2. The van der Waals surface area contributed by atoms with Crippen molar-refractivity contribution in [1.29, 1.82) is 0 Å². The summed E-state index contributed by atoms with van der Waals surface area (Å²) in [7, 11) is 4.32. The topological polar surface area (TPSA) is 32.5 Å². The van der Waals surface area contributed by atoms with Gasteiger partial charge in [0, 0.05) is 36.2 Å². The standard InChI is InChI=1S/C15H23BrFN3/c1-19-5-6-20(2)14(10-19)9-13(18)7-11-3-4-12(17)8-15(11)16/h3-4,8,13-14H,5-7,9-10,18H2,1-2H3. The normalized spacial score (nSPS) is 22.9. The van der Waals surface area contributed by atoms with Crippen LogP contribution in [0.1, 0.15) is 12.0 Å². The summed E-state index contributed by atoms with van der Waals surface area (Å²) in [5, 5.41) is 0. The van der Waals surface area contributed by atoms with Gasteiger partial charge in [-0.25, -0.2) is 4.39 Å². The molecule has 1 aliphatic heterocycles. The molecule has 112 valence electrons. The van der Waals surface area contributed by atoms with E-state index in [2.05, 4.69) is 39.8 Å². The first-order chi connectivity index (χ1) is 9.45. The number of nitrogens with zero attached hydrogens (tertiary/aromatic N) is 2. The van der Waals surface area contributed by atoms with Gasteiger partial charge in [0.25, 0.3) is 0 Å². The quantitative estimate of drug-likeness (QED) is 0.908. The third-order valence-electron chi connectivity index (χ3n) is 4.05. The van der Waals surface area contributed by atoms with Crippen LogP contribution in [0.2, 0.25) is 0 Å². The molecule has 0 aromatic heterocycles. The second-order valence-electron chi connectivity index (χ2n) is 5.83. The van der Waals surface area contributed by atoms with Crippen LogP contribution in [0, 0.1) is 5.82 Å². The van der Waals surface area contributed by atoms with Gasteiger partial charge in [-0.1, -0.05) is 22.0 Å². The van der Waals surface area contributed by atoms with Crippen LogP contribution in [0.4, 0.5) is 4.39 Å². The van der Waals surface area contributed by atoms with Crippen molar-refractivity contribution >= 4 is 15.9 Å². The summed E-state index contributed by atoms with van der Waals surface area (Å²) >= 11 is 3.41. The Hall–Kier alpha value is -0.490. The third-order valence-corrected chi connectivity index (χ3v) is 4.79. The molecule has 20 heavy (non-hydrogen) atoms. The molecule has 1 heterocycles. The highest BCUT2D eigenvalue weighted by atomic mass is 79.9. The Kier molecular flexibility index (Phi) is 5.55. The van der Waals surface area contributed by atoms with Crippen molar-refractivity contribution in [1.82, 2.24) is 9.80 Å². The predicted octanol–water partition coefficient (Wildman–Crippen LogP) is 2.09. The van der Waals surface area contributed by atoms with Crippen molar-refractivity contribution in [3.63, 3.8) is 0 Å². The Bertz CT molecular complexity index is 455. The monoisotopic (exact) mass is 343 g/mol. The average Bonchev–Trinajstić information content (AvgIpc) is 2.37. The van der Waals surface area contributed by atoms with Crippen molar-refractivity contribution in [2.45, 2.75) is 24.9 Å². The Morgan fingerprint density at radius 1 is 1.40 bits per heavy atom. The number of nitrogens with two attached hydrogens (primary N) is 1. The maximum absolute atomic E-state index is 13.1. The van der Waals surface area contributed by atoms with Gasteiger partial charge >= 0.3 is 0 Å². The maximum atomic E-state index is 13.1.